The van der Waals surface area contributed by atoms with Gasteiger partial charge in [0.1, 0.15) is 0 Å². The number of halogens is 1. The predicted molar refractivity (Wildman–Crippen MR) is 113 cm³/mol. The Hall–Kier alpha value is -1.75. The first-order valence-corrected chi connectivity index (χ1v) is 10.5. The van der Waals surface area contributed by atoms with Crippen molar-refractivity contribution in [2.75, 3.05) is 33.9 Å². The highest BCUT2D eigenvalue weighted by atomic mass is 35.5. The van der Waals surface area contributed by atoms with Crippen LogP contribution in [0.3, 0.4) is 0 Å². The van der Waals surface area contributed by atoms with Crippen molar-refractivity contribution < 1.29 is 9.47 Å². The quantitative estimate of drug-likeness (QED) is 0.743. The van der Waals surface area contributed by atoms with Gasteiger partial charge in [0.25, 0.3) is 0 Å². The Morgan fingerprint density at radius 3 is 2.54 bits per heavy atom. The topological polar surface area (TPSA) is 24.9 Å². The highest BCUT2D eigenvalue weighted by Gasteiger charge is 2.29. The summed E-state index contributed by atoms with van der Waals surface area (Å²) < 4.78 is 11.0. The Balaban J connectivity index is 1.44. The maximum atomic E-state index is 6.38. The van der Waals surface area contributed by atoms with Gasteiger partial charge >= 0.3 is 0 Å². The van der Waals surface area contributed by atoms with E-state index in [-0.39, 0.29) is 0 Å². The lowest BCUT2D eigenvalue weighted by Gasteiger charge is -2.41. The Morgan fingerprint density at radius 1 is 1.04 bits per heavy atom. The van der Waals surface area contributed by atoms with E-state index < -0.39 is 0 Å². The minimum Gasteiger partial charge on any atom is -0.493 e. The molecule has 4 nitrogen and oxygen atoms in total. The van der Waals surface area contributed by atoms with Gasteiger partial charge in [0.2, 0.25) is 0 Å². The molecule has 0 radical (unpaired) electrons. The second-order valence-electron chi connectivity index (χ2n) is 7.82. The van der Waals surface area contributed by atoms with E-state index in [4.69, 9.17) is 21.1 Å². The summed E-state index contributed by atoms with van der Waals surface area (Å²) in [6.45, 7) is 5.28. The molecule has 2 heterocycles. The van der Waals surface area contributed by atoms with Crippen LogP contribution in [0.15, 0.2) is 36.4 Å². The van der Waals surface area contributed by atoms with Crippen LogP contribution in [0.1, 0.15) is 29.5 Å². The van der Waals surface area contributed by atoms with Crippen LogP contribution in [0.2, 0.25) is 5.02 Å². The molecule has 0 bridgehead atoms. The van der Waals surface area contributed by atoms with E-state index in [1.165, 1.54) is 29.5 Å². The summed E-state index contributed by atoms with van der Waals surface area (Å²) in [5.41, 5.74) is 3.98. The van der Waals surface area contributed by atoms with Crippen molar-refractivity contribution in [2.45, 2.75) is 38.4 Å². The summed E-state index contributed by atoms with van der Waals surface area (Å²) in [6, 6.07) is 13.1. The number of likely N-dealkylation sites (tertiary alicyclic amines) is 1. The van der Waals surface area contributed by atoms with Gasteiger partial charge in [-0.2, -0.15) is 0 Å². The maximum Gasteiger partial charge on any atom is 0.161 e. The fraction of sp³-hybridized carbons (Fsp3) is 0.478. The van der Waals surface area contributed by atoms with Crippen molar-refractivity contribution in [1.82, 2.24) is 9.80 Å². The third-order valence-corrected chi connectivity index (χ3v) is 6.47. The normalized spacial score (nSPS) is 20.6. The smallest absolute Gasteiger partial charge is 0.161 e. The molecule has 28 heavy (non-hydrogen) atoms. The lowest BCUT2D eigenvalue weighted by atomic mass is 9.95. The molecule has 1 atom stereocenters. The van der Waals surface area contributed by atoms with E-state index in [0.29, 0.717) is 6.04 Å². The molecule has 0 aliphatic carbocycles. The number of nitrogens with zero attached hydrogens (tertiary/aromatic N) is 2. The Morgan fingerprint density at radius 2 is 1.79 bits per heavy atom. The minimum absolute atomic E-state index is 0.595. The van der Waals surface area contributed by atoms with Gasteiger partial charge in [0.05, 0.1) is 14.2 Å². The van der Waals surface area contributed by atoms with E-state index in [1.54, 1.807) is 14.2 Å². The van der Waals surface area contributed by atoms with Gasteiger partial charge in [-0.25, -0.2) is 0 Å². The number of hydrogen-bond donors (Lipinski definition) is 0. The average Bonchev–Trinajstić information content (AvgIpc) is 2.74. The zero-order chi connectivity index (χ0) is 19.5. The molecule has 2 aromatic rings. The van der Waals surface area contributed by atoms with Crippen LogP contribution in [-0.4, -0.2) is 49.7 Å². The zero-order valence-electron chi connectivity index (χ0n) is 16.8. The third kappa shape index (κ3) is 4.14. The number of piperidine rings is 1. The number of rotatable bonds is 5. The van der Waals surface area contributed by atoms with E-state index in [0.717, 1.165) is 55.7 Å². The van der Waals surface area contributed by atoms with Gasteiger partial charge in [-0.05, 0) is 60.7 Å². The van der Waals surface area contributed by atoms with Gasteiger partial charge in [-0.3, -0.25) is 9.80 Å². The van der Waals surface area contributed by atoms with E-state index >= 15 is 0 Å². The monoisotopic (exact) mass is 400 g/mol. The molecule has 2 aliphatic rings. The first-order chi connectivity index (χ1) is 13.7. The molecular formula is C23H29ClN2O2. The van der Waals surface area contributed by atoms with E-state index in [1.807, 2.05) is 12.1 Å². The maximum absolute atomic E-state index is 6.38. The van der Waals surface area contributed by atoms with Crippen molar-refractivity contribution in [3.63, 3.8) is 0 Å². The largest absolute Gasteiger partial charge is 0.493 e. The molecule has 1 saturated heterocycles. The molecule has 4 rings (SSSR count). The predicted octanol–water partition coefficient (Wildman–Crippen LogP) is 4.38. The molecule has 5 heteroatoms. The molecule has 0 spiro atoms. The van der Waals surface area contributed by atoms with Crippen LogP contribution < -0.4 is 9.47 Å². The lowest BCUT2D eigenvalue weighted by molar-refractivity contribution is 0.0837. The van der Waals surface area contributed by atoms with Gasteiger partial charge in [-0.15, -0.1) is 0 Å². The Kier molecular flexibility index (Phi) is 6.10. The standard InChI is InChI=1S/C23H29ClN2O2/c1-27-22-12-17-9-11-26(15-19(17)13-23(22)28-2)20-7-5-10-25(16-20)14-18-6-3-4-8-21(18)24/h3-4,6,8,12-13,20H,5,7,9-11,14-16H2,1-2H3. The number of methoxy groups -OCH3 is 2. The summed E-state index contributed by atoms with van der Waals surface area (Å²) in [5.74, 6) is 1.66. The summed E-state index contributed by atoms with van der Waals surface area (Å²) in [5, 5.41) is 0.873. The van der Waals surface area contributed by atoms with Crippen molar-refractivity contribution in [1.29, 1.82) is 0 Å². The number of hydrogen-bond acceptors (Lipinski definition) is 4. The molecule has 0 amide bonds. The van der Waals surface area contributed by atoms with E-state index in [2.05, 4.69) is 34.1 Å². The van der Waals surface area contributed by atoms with Crippen molar-refractivity contribution >= 4 is 11.6 Å². The van der Waals surface area contributed by atoms with Crippen molar-refractivity contribution in [3.05, 3.63) is 58.1 Å². The molecular weight excluding hydrogens is 372 g/mol. The van der Waals surface area contributed by atoms with Crippen LogP contribution in [0.25, 0.3) is 0 Å². The molecule has 150 valence electrons. The number of fused-ring (bicyclic) bond motifs is 1. The average molecular weight is 401 g/mol. The van der Waals surface area contributed by atoms with Gasteiger partial charge in [0, 0.05) is 37.2 Å². The molecule has 1 unspecified atom stereocenters. The minimum atomic E-state index is 0.595. The SMILES string of the molecule is COc1cc2c(cc1OC)CN(C1CCCN(Cc3ccccc3Cl)C1)CC2. The van der Waals surface area contributed by atoms with Crippen molar-refractivity contribution in [2.24, 2.45) is 0 Å². The number of benzene rings is 2. The third-order valence-electron chi connectivity index (χ3n) is 6.10. The van der Waals surface area contributed by atoms with Gasteiger partial charge < -0.3 is 9.47 Å². The fourth-order valence-electron chi connectivity index (χ4n) is 4.56. The first kappa shape index (κ1) is 19.6. The second kappa shape index (κ2) is 8.73. The molecule has 2 aromatic carbocycles. The Bertz CT molecular complexity index is 826. The summed E-state index contributed by atoms with van der Waals surface area (Å²) in [6.07, 6.45) is 3.57. The van der Waals surface area contributed by atoms with Gasteiger partial charge in [0.15, 0.2) is 11.5 Å². The molecule has 2 aliphatic heterocycles. The number of ether oxygens (including phenoxy) is 2. The molecule has 1 fully saturated rings. The van der Waals surface area contributed by atoms with Crippen LogP contribution in [0.4, 0.5) is 0 Å². The molecule has 0 saturated carbocycles. The molecule has 0 aromatic heterocycles. The molecule has 0 N–H and O–H groups in total. The van der Waals surface area contributed by atoms with E-state index in [9.17, 15) is 0 Å². The van der Waals surface area contributed by atoms with Crippen LogP contribution >= 0.6 is 11.6 Å². The first-order valence-electron chi connectivity index (χ1n) is 10.1. The van der Waals surface area contributed by atoms with Crippen LogP contribution in [0, 0.1) is 0 Å². The van der Waals surface area contributed by atoms with Crippen LogP contribution in [0.5, 0.6) is 11.5 Å². The second-order valence-corrected chi connectivity index (χ2v) is 8.23. The highest BCUT2D eigenvalue weighted by Crippen LogP contribution is 2.34. The van der Waals surface area contributed by atoms with Gasteiger partial charge in [-0.1, -0.05) is 29.8 Å². The van der Waals surface area contributed by atoms with Crippen molar-refractivity contribution in [3.8, 4) is 11.5 Å². The highest BCUT2D eigenvalue weighted by molar-refractivity contribution is 6.31. The zero-order valence-corrected chi connectivity index (χ0v) is 17.5. The lowest BCUT2D eigenvalue weighted by Crippen LogP contribution is -2.49. The van der Waals surface area contributed by atoms with Crippen LogP contribution in [-0.2, 0) is 19.5 Å². The summed E-state index contributed by atoms with van der Waals surface area (Å²) in [7, 11) is 3.41. The summed E-state index contributed by atoms with van der Waals surface area (Å²) in [4.78, 5) is 5.20. The fourth-order valence-corrected chi connectivity index (χ4v) is 4.75. The summed E-state index contributed by atoms with van der Waals surface area (Å²) >= 11 is 6.38. The Labute approximate surface area is 173 Å².